The number of anilines is 1. The first-order valence-electron chi connectivity index (χ1n) is 14.1. The topological polar surface area (TPSA) is 70.9 Å². The summed E-state index contributed by atoms with van der Waals surface area (Å²) in [6, 6.07) is 5.27. The van der Waals surface area contributed by atoms with E-state index in [1.807, 2.05) is 45.8 Å². The number of carbonyl (C=O) groups excluding carboxylic acids is 1. The maximum atomic E-state index is 15.2. The van der Waals surface area contributed by atoms with Crippen molar-refractivity contribution in [1.82, 2.24) is 19.4 Å². The molecule has 0 saturated carbocycles. The van der Waals surface area contributed by atoms with Crippen molar-refractivity contribution in [3.05, 3.63) is 64.6 Å². The monoisotopic (exact) mass is 597 g/mol. The van der Waals surface area contributed by atoms with Crippen LogP contribution in [0.1, 0.15) is 19.4 Å². The van der Waals surface area contributed by atoms with Gasteiger partial charge in [0.1, 0.15) is 17.5 Å². The average Bonchev–Trinajstić information content (AvgIpc) is 3.11. The number of halogens is 2. The van der Waals surface area contributed by atoms with Gasteiger partial charge in [-0.2, -0.15) is 4.98 Å². The molecule has 3 heterocycles. The van der Waals surface area contributed by atoms with E-state index in [-0.39, 0.29) is 29.7 Å². The molecule has 1 aromatic heterocycles. The molecule has 0 bridgehead atoms. The summed E-state index contributed by atoms with van der Waals surface area (Å²) in [4.78, 5) is 37.5. The molecular formula is C31H37F2N5O3S. The zero-order valence-electron chi connectivity index (χ0n) is 24.7. The zero-order valence-corrected chi connectivity index (χ0v) is 25.5. The summed E-state index contributed by atoms with van der Waals surface area (Å²) >= 11 is 1.52. The van der Waals surface area contributed by atoms with Crippen LogP contribution in [0, 0.1) is 18.6 Å². The van der Waals surface area contributed by atoms with E-state index in [2.05, 4.69) is 16.5 Å². The van der Waals surface area contributed by atoms with Gasteiger partial charge in [0, 0.05) is 64.9 Å². The number of benzene rings is 2. The molecule has 2 aliphatic rings. The Hall–Kier alpha value is -3.28. The highest BCUT2D eigenvalue weighted by Crippen LogP contribution is 2.44. The van der Waals surface area contributed by atoms with Crippen LogP contribution >= 0.6 is 11.8 Å². The highest BCUT2D eigenvalue weighted by molar-refractivity contribution is 7.99. The van der Waals surface area contributed by atoms with Crippen LogP contribution in [0.2, 0.25) is 0 Å². The third kappa shape index (κ3) is 5.69. The Labute approximate surface area is 248 Å². The zero-order chi connectivity index (χ0) is 30.3. The largest absolute Gasteiger partial charge is 0.374 e. The van der Waals surface area contributed by atoms with Gasteiger partial charge in [-0.25, -0.2) is 13.6 Å². The molecule has 0 unspecified atom stereocenters. The van der Waals surface area contributed by atoms with Crippen molar-refractivity contribution in [2.24, 2.45) is 0 Å². The lowest BCUT2D eigenvalue weighted by Gasteiger charge is -2.44. The second kappa shape index (κ2) is 12.1. The van der Waals surface area contributed by atoms with Crippen LogP contribution in [0.3, 0.4) is 0 Å². The van der Waals surface area contributed by atoms with Crippen LogP contribution in [0.25, 0.3) is 22.0 Å². The number of piperazine rings is 1. The number of hydrogen-bond acceptors (Lipinski definition) is 7. The van der Waals surface area contributed by atoms with Gasteiger partial charge in [-0.3, -0.25) is 9.36 Å². The van der Waals surface area contributed by atoms with Gasteiger partial charge in [-0.05, 0) is 64.7 Å². The summed E-state index contributed by atoms with van der Waals surface area (Å²) in [7, 11) is 3.94. The number of nitrogens with zero attached hydrogens (tertiary/aromatic N) is 5. The van der Waals surface area contributed by atoms with E-state index in [0.717, 1.165) is 28.5 Å². The summed E-state index contributed by atoms with van der Waals surface area (Å²) < 4.78 is 37.0. The van der Waals surface area contributed by atoms with Gasteiger partial charge in [-0.15, -0.1) is 11.8 Å². The minimum absolute atomic E-state index is 0.130. The number of amides is 1. The van der Waals surface area contributed by atoms with Crippen LogP contribution in [0.15, 0.2) is 46.6 Å². The van der Waals surface area contributed by atoms with Crippen molar-refractivity contribution in [2.45, 2.75) is 50.4 Å². The Morgan fingerprint density at radius 3 is 2.55 bits per heavy atom. The number of aromatic nitrogens is 2. The second-order valence-corrected chi connectivity index (χ2v) is 12.4. The average molecular weight is 598 g/mol. The van der Waals surface area contributed by atoms with Gasteiger partial charge >= 0.3 is 5.69 Å². The van der Waals surface area contributed by atoms with Crippen molar-refractivity contribution in [1.29, 1.82) is 0 Å². The molecule has 224 valence electrons. The van der Waals surface area contributed by atoms with E-state index in [9.17, 15) is 14.0 Å². The van der Waals surface area contributed by atoms with Crippen LogP contribution in [0.5, 0.6) is 0 Å². The Morgan fingerprint density at radius 1 is 1.19 bits per heavy atom. The van der Waals surface area contributed by atoms with Crippen molar-refractivity contribution >= 4 is 34.4 Å². The number of ether oxygens (including phenoxy) is 1. The fourth-order valence-corrected chi connectivity index (χ4v) is 7.40. The molecule has 2 aliphatic heterocycles. The minimum Gasteiger partial charge on any atom is -0.374 e. The van der Waals surface area contributed by atoms with E-state index < -0.39 is 17.3 Å². The van der Waals surface area contributed by atoms with Crippen LogP contribution in [-0.2, 0) is 16.1 Å². The molecule has 1 amide bonds. The number of aryl methyl sites for hydroxylation is 1. The molecule has 11 heteroatoms. The lowest BCUT2D eigenvalue weighted by atomic mass is 9.97. The Kier molecular flexibility index (Phi) is 8.73. The second-order valence-electron chi connectivity index (χ2n) is 11.4. The van der Waals surface area contributed by atoms with Gasteiger partial charge < -0.3 is 19.4 Å². The molecule has 42 heavy (non-hydrogen) atoms. The fraction of sp³-hybridized carbons (Fsp3) is 0.452. The lowest BCUT2D eigenvalue weighted by Crippen LogP contribution is -2.58. The summed E-state index contributed by atoms with van der Waals surface area (Å²) in [6.45, 7) is 12.0. The Bertz CT molecular complexity index is 1580. The van der Waals surface area contributed by atoms with Gasteiger partial charge in [0.05, 0.1) is 24.8 Å². The molecule has 3 aromatic rings. The molecule has 1 fully saturated rings. The number of carbonyl (C=O) groups is 1. The van der Waals surface area contributed by atoms with Crippen molar-refractivity contribution in [2.75, 3.05) is 51.0 Å². The molecule has 8 nitrogen and oxygen atoms in total. The standard InChI is InChI=1S/C31H37F2N5O3S/c1-7-26(39)38-19(3)14-36(15-20(38)4)30-24-12-18(2)27(23-9-8-21(32)13-25(23)33)29-28(24)37(31(40)34-30)16-22(17-42-29)41-11-10-35(5)6/h7-9,12-13,19-20,22H,1,10-11,14-17H2,2-6H3/t19-,20+,22-/m0/s1. The summed E-state index contributed by atoms with van der Waals surface area (Å²) in [5, 5.41) is 0.776. The van der Waals surface area contributed by atoms with Crippen molar-refractivity contribution < 1.29 is 18.3 Å². The predicted molar refractivity (Wildman–Crippen MR) is 163 cm³/mol. The molecular weight excluding hydrogens is 560 g/mol. The van der Waals surface area contributed by atoms with Crippen LogP contribution < -0.4 is 10.6 Å². The fourth-order valence-electron chi connectivity index (χ4n) is 6.07. The van der Waals surface area contributed by atoms with E-state index in [4.69, 9.17) is 4.74 Å². The summed E-state index contributed by atoms with van der Waals surface area (Å²) in [5.74, 6) is -0.350. The SMILES string of the molecule is C=CC(=O)N1[C@H](C)CN(c2nc(=O)n3c4c(c(-c5ccc(F)cc5F)c(C)cc24)SC[C@@H](OCCN(C)C)C3)C[C@@H]1C. The first-order chi connectivity index (χ1) is 20.0. The third-order valence-electron chi connectivity index (χ3n) is 7.94. The maximum Gasteiger partial charge on any atom is 0.350 e. The number of rotatable bonds is 7. The number of thioether (sulfide) groups is 1. The smallest absolute Gasteiger partial charge is 0.350 e. The van der Waals surface area contributed by atoms with Crippen molar-refractivity contribution in [3.8, 4) is 11.1 Å². The molecule has 5 rings (SSSR count). The molecule has 0 aliphatic carbocycles. The van der Waals surface area contributed by atoms with E-state index in [1.165, 1.54) is 30.0 Å². The molecule has 1 saturated heterocycles. The van der Waals surface area contributed by atoms with Gasteiger partial charge in [0.25, 0.3) is 0 Å². The van der Waals surface area contributed by atoms with Gasteiger partial charge in [0.15, 0.2) is 0 Å². The molecule has 0 N–H and O–H groups in total. The van der Waals surface area contributed by atoms with Crippen LogP contribution in [-0.4, -0.2) is 89.5 Å². The first kappa shape index (κ1) is 30.2. The van der Waals surface area contributed by atoms with Gasteiger partial charge in [0.2, 0.25) is 5.91 Å². The molecule has 0 spiro atoms. The number of hydrogen-bond donors (Lipinski definition) is 0. The molecule has 2 aromatic carbocycles. The van der Waals surface area contributed by atoms with Crippen LogP contribution in [0.4, 0.5) is 14.6 Å². The van der Waals surface area contributed by atoms with E-state index >= 15 is 4.39 Å². The normalized spacial score (nSPS) is 20.7. The Morgan fingerprint density at radius 2 is 1.90 bits per heavy atom. The third-order valence-corrected chi connectivity index (χ3v) is 9.16. The van der Waals surface area contributed by atoms with Gasteiger partial charge in [-0.1, -0.05) is 6.58 Å². The lowest BCUT2D eigenvalue weighted by molar-refractivity contribution is -0.130. The summed E-state index contributed by atoms with van der Waals surface area (Å²) in [5.41, 5.74) is 1.95. The van der Waals surface area contributed by atoms with Crippen molar-refractivity contribution in [3.63, 3.8) is 0 Å². The minimum atomic E-state index is -0.661. The summed E-state index contributed by atoms with van der Waals surface area (Å²) in [6.07, 6.45) is 1.06. The van der Waals surface area contributed by atoms with E-state index in [1.54, 1.807) is 9.47 Å². The quantitative estimate of drug-likeness (QED) is 0.376. The highest BCUT2D eigenvalue weighted by Gasteiger charge is 2.35. The number of likely N-dealkylation sites (N-methyl/N-ethyl adjacent to an activating group) is 1. The Balaban J connectivity index is 1.68. The van der Waals surface area contributed by atoms with E-state index in [0.29, 0.717) is 48.9 Å². The predicted octanol–water partition coefficient (Wildman–Crippen LogP) is 4.31. The maximum absolute atomic E-state index is 15.2. The molecule has 0 radical (unpaired) electrons. The highest BCUT2D eigenvalue weighted by atomic mass is 32.2. The molecule has 3 atom stereocenters. The first-order valence-corrected chi connectivity index (χ1v) is 15.1.